The van der Waals surface area contributed by atoms with Gasteiger partial charge >= 0.3 is 6.18 Å². The number of nitrogens with zero attached hydrogens (tertiary/aromatic N) is 2. The Morgan fingerprint density at radius 2 is 1.68 bits per heavy atom. The Morgan fingerprint density at radius 3 is 2.22 bits per heavy atom. The number of hydrogen-bond acceptors (Lipinski definition) is 4. The maximum Gasteiger partial charge on any atom is 0.416 e. The van der Waals surface area contributed by atoms with Crippen molar-refractivity contribution >= 4 is 50.7 Å². The molecule has 13 heteroatoms. The van der Waals surface area contributed by atoms with Gasteiger partial charge in [-0.3, -0.25) is 13.9 Å². The first-order valence-corrected chi connectivity index (χ1v) is 13.8. The Balaban J connectivity index is 2.45. The second kappa shape index (κ2) is 12.4. The van der Waals surface area contributed by atoms with Crippen LogP contribution in [-0.2, 0) is 32.3 Å². The van der Waals surface area contributed by atoms with E-state index in [0.717, 1.165) is 29.4 Å². The molecule has 0 saturated heterocycles. The maximum atomic E-state index is 13.5. The number of nitrogens with one attached hydrogen (secondary N) is 1. The van der Waals surface area contributed by atoms with Crippen molar-refractivity contribution in [2.75, 3.05) is 23.7 Å². The highest BCUT2D eigenvalue weighted by Gasteiger charge is 2.33. The van der Waals surface area contributed by atoms with E-state index < -0.39 is 46.2 Å². The van der Waals surface area contributed by atoms with Crippen LogP contribution in [0.4, 0.5) is 18.9 Å². The molecular weight excluding hydrogens is 554 g/mol. The molecule has 0 bridgehead atoms. The first-order valence-electron chi connectivity index (χ1n) is 11.2. The van der Waals surface area contributed by atoms with Crippen LogP contribution in [0.25, 0.3) is 0 Å². The van der Waals surface area contributed by atoms with Gasteiger partial charge in [0.15, 0.2) is 0 Å². The summed E-state index contributed by atoms with van der Waals surface area (Å²) in [7, 11) is -4.18. The van der Waals surface area contributed by atoms with Crippen LogP contribution in [0.5, 0.6) is 0 Å². The lowest BCUT2D eigenvalue weighted by Crippen LogP contribution is -2.51. The standard InChI is InChI=1S/C24H28Cl2F3N3O4S/c1-15(2)12-30-23(34)16(3)31(13-17-8-9-20(25)21(26)10-17)22(33)14-32(37(4,35)36)19-7-5-6-18(11-19)24(27,28)29/h5-11,15-16H,12-14H2,1-4H3,(H,30,34)/t16-/m1/s1. The van der Waals surface area contributed by atoms with Crippen molar-refractivity contribution < 1.29 is 31.2 Å². The van der Waals surface area contributed by atoms with E-state index >= 15 is 0 Å². The number of halogens is 5. The lowest BCUT2D eigenvalue weighted by molar-refractivity contribution is -0.139. The largest absolute Gasteiger partial charge is 0.416 e. The van der Waals surface area contributed by atoms with E-state index in [1.165, 1.54) is 19.1 Å². The zero-order chi connectivity index (χ0) is 28.1. The van der Waals surface area contributed by atoms with Crippen LogP contribution in [0.3, 0.4) is 0 Å². The van der Waals surface area contributed by atoms with Gasteiger partial charge in [0.05, 0.1) is 27.6 Å². The molecule has 0 aliphatic rings. The van der Waals surface area contributed by atoms with Crippen LogP contribution >= 0.6 is 23.2 Å². The normalized spacial score (nSPS) is 12.8. The molecule has 2 amide bonds. The summed E-state index contributed by atoms with van der Waals surface area (Å²) in [4.78, 5) is 27.4. The lowest BCUT2D eigenvalue weighted by Gasteiger charge is -2.31. The lowest BCUT2D eigenvalue weighted by atomic mass is 10.1. The molecule has 204 valence electrons. The van der Waals surface area contributed by atoms with Crippen molar-refractivity contribution in [1.29, 1.82) is 0 Å². The number of amides is 2. The molecule has 2 aromatic carbocycles. The van der Waals surface area contributed by atoms with Crippen LogP contribution in [0.1, 0.15) is 31.9 Å². The van der Waals surface area contributed by atoms with Gasteiger partial charge in [-0.1, -0.05) is 49.2 Å². The minimum absolute atomic E-state index is 0.133. The van der Waals surface area contributed by atoms with E-state index in [9.17, 15) is 31.2 Å². The summed E-state index contributed by atoms with van der Waals surface area (Å²) in [6, 6.07) is 7.22. The van der Waals surface area contributed by atoms with Crippen molar-refractivity contribution in [3.63, 3.8) is 0 Å². The van der Waals surface area contributed by atoms with Gasteiger partial charge in [-0.25, -0.2) is 8.42 Å². The molecule has 0 saturated carbocycles. The summed E-state index contributed by atoms with van der Waals surface area (Å²) in [6.07, 6.45) is -3.94. The highest BCUT2D eigenvalue weighted by atomic mass is 35.5. The highest BCUT2D eigenvalue weighted by molar-refractivity contribution is 7.92. The second-order valence-corrected chi connectivity index (χ2v) is 11.6. The zero-order valence-electron chi connectivity index (χ0n) is 20.6. The molecule has 0 fully saturated rings. The molecular formula is C24H28Cl2F3N3O4S. The monoisotopic (exact) mass is 581 g/mol. The SMILES string of the molecule is CC(C)CNC(=O)[C@@H](C)N(Cc1ccc(Cl)c(Cl)c1)C(=O)CN(c1cccc(C(F)(F)F)c1)S(C)(=O)=O. The van der Waals surface area contributed by atoms with Gasteiger partial charge < -0.3 is 10.2 Å². The first-order chi connectivity index (χ1) is 17.0. The highest BCUT2D eigenvalue weighted by Crippen LogP contribution is 2.32. The molecule has 0 aromatic heterocycles. The quantitative estimate of drug-likeness (QED) is 0.429. The Hall–Kier alpha value is -2.50. The number of sulfonamides is 1. The van der Waals surface area contributed by atoms with Crippen LogP contribution < -0.4 is 9.62 Å². The Labute approximate surface area is 224 Å². The van der Waals surface area contributed by atoms with Gasteiger partial charge in [-0.15, -0.1) is 0 Å². The van der Waals surface area contributed by atoms with Crippen LogP contribution in [0.15, 0.2) is 42.5 Å². The van der Waals surface area contributed by atoms with Crippen molar-refractivity contribution in [2.24, 2.45) is 5.92 Å². The van der Waals surface area contributed by atoms with Gasteiger partial charge in [-0.2, -0.15) is 13.2 Å². The predicted molar refractivity (Wildman–Crippen MR) is 138 cm³/mol. The number of carbonyl (C=O) groups excluding carboxylic acids is 2. The minimum Gasteiger partial charge on any atom is -0.354 e. The molecule has 37 heavy (non-hydrogen) atoms. The van der Waals surface area contributed by atoms with Gasteiger partial charge in [0.1, 0.15) is 12.6 Å². The fraction of sp³-hybridized carbons (Fsp3) is 0.417. The number of hydrogen-bond donors (Lipinski definition) is 1. The Morgan fingerprint density at radius 1 is 1.03 bits per heavy atom. The molecule has 0 spiro atoms. The average molecular weight is 582 g/mol. The number of alkyl halides is 3. The summed E-state index contributed by atoms with van der Waals surface area (Å²) < 4.78 is 65.4. The summed E-state index contributed by atoms with van der Waals surface area (Å²) in [6.45, 7) is 4.64. The minimum atomic E-state index is -4.72. The Kier molecular flexibility index (Phi) is 10.3. The van der Waals surface area contributed by atoms with E-state index in [0.29, 0.717) is 22.5 Å². The third-order valence-electron chi connectivity index (χ3n) is 5.33. The van der Waals surface area contributed by atoms with Crippen molar-refractivity contribution in [3.8, 4) is 0 Å². The van der Waals surface area contributed by atoms with Crippen LogP contribution in [0.2, 0.25) is 10.0 Å². The topological polar surface area (TPSA) is 86.8 Å². The second-order valence-electron chi connectivity index (χ2n) is 8.90. The smallest absolute Gasteiger partial charge is 0.354 e. The zero-order valence-corrected chi connectivity index (χ0v) is 23.0. The summed E-state index contributed by atoms with van der Waals surface area (Å²) in [5, 5.41) is 3.22. The number of anilines is 1. The molecule has 1 N–H and O–H groups in total. The molecule has 0 unspecified atom stereocenters. The van der Waals surface area contributed by atoms with Gasteiger partial charge in [0.2, 0.25) is 21.8 Å². The molecule has 0 heterocycles. The van der Waals surface area contributed by atoms with E-state index in [2.05, 4.69) is 5.32 Å². The van der Waals surface area contributed by atoms with Crippen LogP contribution in [0, 0.1) is 5.92 Å². The van der Waals surface area contributed by atoms with E-state index in [4.69, 9.17) is 23.2 Å². The molecule has 1 atom stereocenters. The molecule has 2 rings (SSSR count). The van der Waals surface area contributed by atoms with Crippen molar-refractivity contribution in [2.45, 2.75) is 39.5 Å². The van der Waals surface area contributed by atoms with Gasteiger partial charge in [0.25, 0.3) is 0 Å². The molecule has 7 nitrogen and oxygen atoms in total. The van der Waals surface area contributed by atoms with Crippen molar-refractivity contribution in [1.82, 2.24) is 10.2 Å². The maximum absolute atomic E-state index is 13.5. The Bertz CT molecular complexity index is 1240. The summed E-state index contributed by atoms with van der Waals surface area (Å²) in [5.74, 6) is -1.15. The molecule has 2 aromatic rings. The van der Waals surface area contributed by atoms with E-state index in [1.54, 1.807) is 6.07 Å². The molecule has 0 aliphatic carbocycles. The fourth-order valence-corrected chi connectivity index (χ4v) is 4.48. The third kappa shape index (κ3) is 8.79. The fourth-order valence-electron chi connectivity index (χ4n) is 3.32. The number of carbonyl (C=O) groups is 2. The average Bonchev–Trinajstić information content (AvgIpc) is 2.79. The van der Waals surface area contributed by atoms with Gasteiger partial charge in [-0.05, 0) is 48.7 Å². The third-order valence-corrected chi connectivity index (χ3v) is 7.21. The molecule has 0 radical (unpaired) electrons. The van der Waals surface area contributed by atoms with E-state index in [-0.39, 0.29) is 28.2 Å². The van der Waals surface area contributed by atoms with E-state index in [1.807, 2.05) is 13.8 Å². The first kappa shape index (κ1) is 30.7. The predicted octanol–water partition coefficient (Wildman–Crippen LogP) is 4.97. The summed E-state index contributed by atoms with van der Waals surface area (Å²) in [5.41, 5.74) is -0.895. The molecule has 0 aliphatic heterocycles. The number of rotatable bonds is 10. The van der Waals surface area contributed by atoms with Gasteiger partial charge in [0, 0.05) is 13.1 Å². The summed E-state index contributed by atoms with van der Waals surface area (Å²) >= 11 is 12.1. The van der Waals surface area contributed by atoms with Crippen molar-refractivity contribution in [3.05, 3.63) is 63.6 Å². The van der Waals surface area contributed by atoms with Crippen LogP contribution in [-0.4, -0.2) is 50.5 Å². The number of benzene rings is 2.